The Balaban J connectivity index is 1.86. The van der Waals surface area contributed by atoms with Gasteiger partial charge in [0, 0.05) is 6.54 Å². The molecule has 0 amide bonds. The van der Waals surface area contributed by atoms with E-state index in [1.807, 2.05) is 4.68 Å². The van der Waals surface area contributed by atoms with Crippen molar-refractivity contribution in [2.45, 2.75) is 45.3 Å². The van der Waals surface area contributed by atoms with Crippen molar-refractivity contribution in [1.29, 1.82) is 0 Å². The van der Waals surface area contributed by atoms with E-state index < -0.39 is 5.60 Å². The van der Waals surface area contributed by atoms with Crippen LogP contribution >= 0.6 is 0 Å². The Labute approximate surface area is 130 Å². The van der Waals surface area contributed by atoms with Crippen molar-refractivity contribution in [3.8, 4) is 0 Å². The lowest BCUT2D eigenvalue weighted by Crippen LogP contribution is -2.47. The van der Waals surface area contributed by atoms with Crippen LogP contribution < -0.4 is 0 Å². The summed E-state index contributed by atoms with van der Waals surface area (Å²) in [5.41, 5.74) is -0.407. The molecule has 0 saturated heterocycles. The lowest BCUT2D eigenvalue weighted by Gasteiger charge is -2.49. The normalized spacial score (nSPS) is 27.7. The highest BCUT2D eigenvalue weighted by Gasteiger charge is 2.49. The fourth-order valence-electron chi connectivity index (χ4n) is 3.55. The Morgan fingerprint density at radius 1 is 1.32 bits per heavy atom. The number of aromatic nitrogens is 3. The fraction of sp³-hybridized carbons (Fsp3) is 0.529. The van der Waals surface area contributed by atoms with Gasteiger partial charge in [-0.05, 0) is 48.3 Å². The Hall–Kier alpha value is -1.75. The van der Waals surface area contributed by atoms with E-state index in [0.29, 0.717) is 12.3 Å². The molecule has 22 heavy (non-hydrogen) atoms. The third-order valence-electron chi connectivity index (χ3n) is 5.11. The van der Waals surface area contributed by atoms with Crippen LogP contribution in [0.2, 0.25) is 0 Å². The van der Waals surface area contributed by atoms with Crippen molar-refractivity contribution < 1.29 is 9.50 Å². The Morgan fingerprint density at radius 3 is 2.68 bits per heavy atom. The van der Waals surface area contributed by atoms with Crippen molar-refractivity contribution in [3.63, 3.8) is 0 Å². The van der Waals surface area contributed by atoms with Gasteiger partial charge in [0.1, 0.15) is 18.5 Å². The summed E-state index contributed by atoms with van der Waals surface area (Å²) < 4.78 is 15.0. The lowest BCUT2D eigenvalue weighted by molar-refractivity contribution is -0.122. The van der Waals surface area contributed by atoms with Gasteiger partial charge >= 0.3 is 0 Å². The summed E-state index contributed by atoms with van der Waals surface area (Å²) in [6, 6.07) is 6.25. The number of hydrogen-bond donors (Lipinski definition) is 1. The van der Waals surface area contributed by atoms with Gasteiger partial charge in [0.15, 0.2) is 0 Å². The molecule has 3 rings (SSSR count). The summed E-state index contributed by atoms with van der Waals surface area (Å²) >= 11 is 0. The highest BCUT2D eigenvalue weighted by Crippen LogP contribution is 2.52. The molecule has 5 heteroatoms. The van der Waals surface area contributed by atoms with Crippen LogP contribution in [0.4, 0.5) is 4.39 Å². The van der Waals surface area contributed by atoms with E-state index in [4.69, 9.17) is 0 Å². The van der Waals surface area contributed by atoms with Gasteiger partial charge < -0.3 is 5.11 Å². The van der Waals surface area contributed by atoms with Crippen LogP contribution in [0.3, 0.4) is 0 Å². The third kappa shape index (κ3) is 2.65. The molecule has 1 aliphatic carbocycles. The largest absolute Gasteiger partial charge is 0.385 e. The topological polar surface area (TPSA) is 50.9 Å². The summed E-state index contributed by atoms with van der Waals surface area (Å²) in [6.45, 7) is 4.92. The first kappa shape index (κ1) is 15.2. The van der Waals surface area contributed by atoms with Crippen LogP contribution in [0.5, 0.6) is 0 Å². The maximum atomic E-state index is 13.2. The molecule has 1 saturated carbocycles. The minimum Gasteiger partial charge on any atom is -0.385 e. The molecular formula is C17H22FN3O. The molecule has 1 aliphatic rings. The number of benzene rings is 1. The summed E-state index contributed by atoms with van der Waals surface area (Å²) in [6.07, 6.45) is 5.83. The summed E-state index contributed by atoms with van der Waals surface area (Å²) in [5, 5.41) is 15.5. The first-order chi connectivity index (χ1) is 10.4. The van der Waals surface area contributed by atoms with Crippen molar-refractivity contribution in [1.82, 2.24) is 14.8 Å². The zero-order chi connectivity index (χ0) is 15.8. The van der Waals surface area contributed by atoms with Gasteiger partial charge in [0.05, 0.1) is 5.60 Å². The predicted octanol–water partition coefficient (Wildman–Crippen LogP) is 3.13. The minimum absolute atomic E-state index is 0.246. The Morgan fingerprint density at radius 2 is 2.05 bits per heavy atom. The summed E-state index contributed by atoms with van der Waals surface area (Å²) in [5.74, 6) is 0.0462. The average molecular weight is 303 g/mol. The number of rotatable bonds is 3. The summed E-state index contributed by atoms with van der Waals surface area (Å²) in [4.78, 5) is 3.97. The second kappa shape index (κ2) is 5.47. The number of hydrogen-bond acceptors (Lipinski definition) is 3. The molecule has 118 valence electrons. The second-order valence-electron chi connectivity index (χ2n) is 6.98. The highest BCUT2D eigenvalue weighted by molar-refractivity contribution is 5.26. The van der Waals surface area contributed by atoms with Crippen molar-refractivity contribution in [3.05, 3.63) is 48.3 Å². The van der Waals surface area contributed by atoms with Crippen LogP contribution in [-0.4, -0.2) is 19.9 Å². The van der Waals surface area contributed by atoms with Gasteiger partial charge in [-0.3, -0.25) is 4.68 Å². The van der Waals surface area contributed by atoms with Gasteiger partial charge in [-0.15, -0.1) is 0 Å². The molecule has 1 aromatic carbocycles. The van der Waals surface area contributed by atoms with E-state index in [1.165, 1.54) is 18.5 Å². The Bertz CT molecular complexity index is 624. The molecule has 0 spiro atoms. The second-order valence-corrected chi connectivity index (χ2v) is 6.98. The number of halogens is 1. The van der Waals surface area contributed by atoms with Gasteiger partial charge in [-0.25, -0.2) is 9.37 Å². The SMILES string of the molecule is CC1(C)CC[C@H](Cn2cncn2)C[C@]1(O)c1ccc(F)cc1. The van der Waals surface area contributed by atoms with Gasteiger partial charge in [0.2, 0.25) is 0 Å². The fourth-order valence-corrected chi connectivity index (χ4v) is 3.55. The highest BCUT2D eigenvalue weighted by atomic mass is 19.1. The molecule has 1 N–H and O–H groups in total. The lowest BCUT2D eigenvalue weighted by atomic mass is 9.60. The van der Waals surface area contributed by atoms with E-state index in [1.54, 1.807) is 18.5 Å². The van der Waals surface area contributed by atoms with E-state index in [9.17, 15) is 9.50 Å². The van der Waals surface area contributed by atoms with Gasteiger partial charge in [-0.1, -0.05) is 26.0 Å². The quantitative estimate of drug-likeness (QED) is 0.947. The van der Waals surface area contributed by atoms with Crippen LogP contribution in [0.15, 0.2) is 36.9 Å². The molecule has 4 nitrogen and oxygen atoms in total. The van der Waals surface area contributed by atoms with Crippen molar-refractivity contribution in [2.75, 3.05) is 0 Å². The van der Waals surface area contributed by atoms with Crippen LogP contribution in [0.1, 0.15) is 38.7 Å². The smallest absolute Gasteiger partial charge is 0.137 e. The van der Waals surface area contributed by atoms with E-state index in [2.05, 4.69) is 23.9 Å². The maximum absolute atomic E-state index is 13.2. The van der Waals surface area contributed by atoms with Crippen molar-refractivity contribution in [2.24, 2.45) is 11.3 Å². The van der Waals surface area contributed by atoms with Crippen LogP contribution in [0.25, 0.3) is 0 Å². The average Bonchev–Trinajstić information content (AvgIpc) is 2.97. The van der Waals surface area contributed by atoms with Gasteiger partial charge in [-0.2, -0.15) is 5.10 Å². The number of nitrogens with zero attached hydrogens (tertiary/aromatic N) is 3. The van der Waals surface area contributed by atoms with E-state index in [-0.39, 0.29) is 11.2 Å². The molecule has 1 fully saturated rings. The zero-order valence-electron chi connectivity index (χ0n) is 13.0. The van der Waals surface area contributed by atoms with E-state index >= 15 is 0 Å². The molecule has 0 unspecified atom stereocenters. The zero-order valence-corrected chi connectivity index (χ0v) is 13.0. The standard InChI is InChI=1S/C17H22FN3O/c1-16(2)8-7-13(10-21-12-19-11-20-21)9-17(16,22)14-3-5-15(18)6-4-14/h3-6,11-13,22H,7-10H2,1-2H3/t13-,17-/m0/s1. The van der Waals surface area contributed by atoms with Crippen LogP contribution in [0, 0.1) is 17.2 Å². The molecule has 0 aliphatic heterocycles. The molecule has 2 aromatic rings. The third-order valence-corrected chi connectivity index (χ3v) is 5.11. The molecule has 1 aromatic heterocycles. The summed E-state index contributed by atoms with van der Waals surface area (Å²) in [7, 11) is 0. The Kier molecular flexibility index (Phi) is 3.77. The molecule has 0 bridgehead atoms. The first-order valence-electron chi connectivity index (χ1n) is 7.71. The van der Waals surface area contributed by atoms with Crippen LogP contribution in [-0.2, 0) is 12.1 Å². The number of aliphatic hydroxyl groups is 1. The monoisotopic (exact) mass is 303 g/mol. The van der Waals surface area contributed by atoms with Crippen molar-refractivity contribution >= 4 is 0 Å². The van der Waals surface area contributed by atoms with Gasteiger partial charge in [0.25, 0.3) is 0 Å². The molecule has 0 radical (unpaired) electrons. The molecule has 2 atom stereocenters. The van der Waals surface area contributed by atoms with E-state index in [0.717, 1.165) is 24.9 Å². The predicted molar refractivity (Wildman–Crippen MR) is 81.4 cm³/mol. The maximum Gasteiger partial charge on any atom is 0.137 e. The molecule has 1 heterocycles. The molecular weight excluding hydrogens is 281 g/mol. The first-order valence-corrected chi connectivity index (χ1v) is 7.71. The minimum atomic E-state index is -0.954.